The number of aliphatic hydroxyl groups is 1. The van der Waals surface area contributed by atoms with Crippen LogP contribution in [-0.2, 0) is 0 Å². The monoisotopic (exact) mass is 233 g/mol. The molecule has 0 unspecified atom stereocenters. The Labute approximate surface area is 100 Å². The highest BCUT2D eigenvalue weighted by atomic mass is 19.1. The van der Waals surface area contributed by atoms with Crippen LogP contribution in [0, 0.1) is 11.7 Å². The van der Waals surface area contributed by atoms with Gasteiger partial charge in [0.15, 0.2) is 0 Å². The molecule has 0 saturated carbocycles. The second kappa shape index (κ2) is 4.15. The molecule has 1 N–H and O–H groups in total. The van der Waals surface area contributed by atoms with Crippen LogP contribution < -0.4 is 0 Å². The van der Waals surface area contributed by atoms with Crippen LogP contribution in [0.2, 0.25) is 0 Å². The Hall–Kier alpha value is -1.35. The van der Waals surface area contributed by atoms with E-state index in [0.29, 0.717) is 11.5 Å². The summed E-state index contributed by atoms with van der Waals surface area (Å²) in [6.45, 7) is 1.98. The van der Waals surface area contributed by atoms with Crippen molar-refractivity contribution in [1.82, 2.24) is 4.90 Å². The summed E-state index contributed by atoms with van der Waals surface area (Å²) < 4.78 is 13.6. The van der Waals surface area contributed by atoms with E-state index in [1.165, 1.54) is 6.07 Å². The van der Waals surface area contributed by atoms with Crippen molar-refractivity contribution in [3.05, 3.63) is 41.3 Å². The third-order valence-electron chi connectivity index (χ3n) is 3.86. The zero-order valence-corrected chi connectivity index (χ0v) is 9.64. The van der Waals surface area contributed by atoms with Crippen molar-refractivity contribution in [2.45, 2.75) is 18.9 Å². The summed E-state index contributed by atoms with van der Waals surface area (Å²) in [4.78, 5) is 2.18. The maximum atomic E-state index is 13.6. The van der Waals surface area contributed by atoms with E-state index in [9.17, 15) is 9.50 Å². The number of halogens is 1. The SMILES string of the molecule is O[C@H]1/C(=C/c2ccccc2F)N2CCC1CC2. The predicted octanol–water partition coefficient (Wildman–Crippen LogP) is 2.25. The van der Waals surface area contributed by atoms with Crippen molar-refractivity contribution in [3.63, 3.8) is 0 Å². The van der Waals surface area contributed by atoms with Gasteiger partial charge in [0.05, 0.1) is 6.10 Å². The van der Waals surface area contributed by atoms with Gasteiger partial charge in [0.2, 0.25) is 0 Å². The van der Waals surface area contributed by atoms with Crippen molar-refractivity contribution < 1.29 is 9.50 Å². The number of aliphatic hydroxyl groups excluding tert-OH is 1. The molecule has 1 aromatic carbocycles. The molecule has 3 aliphatic rings. The molecule has 3 fully saturated rings. The second-order valence-electron chi connectivity index (χ2n) is 4.86. The molecule has 90 valence electrons. The molecule has 0 radical (unpaired) electrons. The Bertz CT molecular complexity index is 445. The van der Waals surface area contributed by atoms with Crippen molar-refractivity contribution in [3.8, 4) is 0 Å². The average molecular weight is 233 g/mol. The molecule has 1 atom stereocenters. The molecule has 4 rings (SSSR count). The summed E-state index contributed by atoms with van der Waals surface area (Å²) in [5, 5.41) is 10.2. The normalized spacial score (nSPS) is 30.0. The summed E-state index contributed by atoms with van der Waals surface area (Å²) in [6, 6.07) is 6.70. The van der Waals surface area contributed by atoms with Gasteiger partial charge in [-0.1, -0.05) is 18.2 Å². The maximum Gasteiger partial charge on any atom is 0.130 e. The second-order valence-corrected chi connectivity index (χ2v) is 4.86. The molecule has 2 nitrogen and oxygen atoms in total. The van der Waals surface area contributed by atoms with E-state index in [2.05, 4.69) is 4.90 Å². The van der Waals surface area contributed by atoms with Gasteiger partial charge in [0.25, 0.3) is 0 Å². The summed E-state index contributed by atoms with van der Waals surface area (Å²) in [5.74, 6) is 0.132. The number of benzene rings is 1. The number of hydrogen-bond acceptors (Lipinski definition) is 2. The highest BCUT2D eigenvalue weighted by Crippen LogP contribution is 2.35. The molecular formula is C14H16FNO. The van der Waals surface area contributed by atoms with Crippen LogP contribution >= 0.6 is 0 Å². The van der Waals surface area contributed by atoms with Crippen LogP contribution in [0.4, 0.5) is 4.39 Å². The van der Waals surface area contributed by atoms with Gasteiger partial charge in [-0.2, -0.15) is 0 Å². The fourth-order valence-corrected chi connectivity index (χ4v) is 2.83. The molecule has 0 spiro atoms. The molecule has 1 aromatic rings. The molecule has 3 heterocycles. The lowest BCUT2D eigenvalue weighted by Crippen LogP contribution is -2.48. The zero-order chi connectivity index (χ0) is 11.8. The van der Waals surface area contributed by atoms with E-state index < -0.39 is 6.10 Å². The van der Waals surface area contributed by atoms with E-state index in [-0.39, 0.29) is 5.82 Å². The molecule has 0 aromatic heterocycles. The molecule has 3 heteroatoms. The first-order chi connectivity index (χ1) is 8.25. The molecule has 3 saturated heterocycles. The number of piperidine rings is 3. The number of nitrogens with zero attached hydrogens (tertiary/aromatic N) is 1. The first-order valence-electron chi connectivity index (χ1n) is 6.15. The summed E-state index contributed by atoms with van der Waals surface area (Å²) in [5.41, 5.74) is 1.45. The summed E-state index contributed by atoms with van der Waals surface area (Å²) in [7, 11) is 0. The van der Waals surface area contributed by atoms with Gasteiger partial charge in [-0.25, -0.2) is 4.39 Å². The van der Waals surface area contributed by atoms with Crippen molar-refractivity contribution in [1.29, 1.82) is 0 Å². The van der Waals surface area contributed by atoms with Crippen LogP contribution in [0.15, 0.2) is 30.0 Å². The Morgan fingerprint density at radius 2 is 1.94 bits per heavy atom. The van der Waals surface area contributed by atoms with E-state index in [1.54, 1.807) is 18.2 Å². The van der Waals surface area contributed by atoms with Crippen molar-refractivity contribution in [2.24, 2.45) is 5.92 Å². The van der Waals surface area contributed by atoms with E-state index in [4.69, 9.17) is 0 Å². The predicted molar refractivity (Wildman–Crippen MR) is 64.7 cm³/mol. The van der Waals surface area contributed by atoms with Gasteiger partial charge in [-0.15, -0.1) is 0 Å². The van der Waals surface area contributed by atoms with Gasteiger partial charge in [-0.05, 0) is 30.9 Å². The van der Waals surface area contributed by atoms with Gasteiger partial charge in [0, 0.05) is 24.4 Å². The first kappa shape index (κ1) is 10.8. The van der Waals surface area contributed by atoms with Crippen LogP contribution in [0.1, 0.15) is 18.4 Å². The van der Waals surface area contributed by atoms with Crippen LogP contribution in [0.3, 0.4) is 0 Å². The number of fused-ring (bicyclic) bond motifs is 3. The first-order valence-corrected chi connectivity index (χ1v) is 6.15. The summed E-state index contributed by atoms with van der Waals surface area (Å²) in [6.07, 6.45) is 3.48. The highest BCUT2D eigenvalue weighted by molar-refractivity contribution is 5.54. The van der Waals surface area contributed by atoms with E-state index in [0.717, 1.165) is 31.6 Å². The average Bonchev–Trinajstić information content (AvgIpc) is 2.36. The van der Waals surface area contributed by atoms with Gasteiger partial charge >= 0.3 is 0 Å². The van der Waals surface area contributed by atoms with E-state index >= 15 is 0 Å². The quantitative estimate of drug-likeness (QED) is 0.804. The van der Waals surface area contributed by atoms with Crippen LogP contribution in [0.25, 0.3) is 6.08 Å². The zero-order valence-electron chi connectivity index (χ0n) is 9.64. The third-order valence-corrected chi connectivity index (χ3v) is 3.86. The molecular weight excluding hydrogens is 217 g/mol. The van der Waals surface area contributed by atoms with Crippen molar-refractivity contribution in [2.75, 3.05) is 13.1 Å². The molecule has 0 aliphatic carbocycles. The minimum atomic E-state index is -0.419. The lowest BCUT2D eigenvalue weighted by atomic mass is 9.83. The Balaban J connectivity index is 1.96. The van der Waals surface area contributed by atoms with Crippen LogP contribution in [0.5, 0.6) is 0 Å². The summed E-state index contributed by atoms with van der Waals surface area (Å²) >= 11 is 0. The van der Waals surface area contributed by atoms with Gasteiger partial charge in [-0.3, -0.25) is 0 Å². The fourth-order valence-electron chi connectivity index (χ4n) is 2.83. The number of rotatable bonds is 1. The number of hydrogen-bond donors (Lipinski definition) is 1. The lowest BCUT2D eigenvalue weighted by Gasteiger charge is -2.45. The molecule has 17 heavy (non-hydrogen) atoms. The Kier molecular flexibility index (Phi) is 2.63. The van der Waals surface area contributed by atoms with Gasteiger partial charge < -0.3 is 10.0 Å². The largest absolute Gasteiger partial charge is 0.387 e. The van der Waals surface area contributed by atoms with Crippen LogP contribution in [-0.4, -0.2) is 29.2 Å². The Morgan fingerprint density at radius 3 is 2.59 bits per heavy atom. The van der Waals surface area contributed by atoms with Crippen molar-refractivity contribution >= 4 is 6.08 Å². The smallest absolute Gasteiger partial charge is 0.130 e. The molecule has 0 amide bonds. The topological polar surface area (TPSA) is 23.5 Å². The molecule has 2 bridgehead atoms. The van der Waals surface area contributed by atoms with Gasteiger partial charge in [0.1, 0.15) is 5.82 Å². The Morgan fingerprint density at radius 1 is 1.24 bits per heavy atom. The highest BCUT2D eigenvalue weighted by Gasteiger charge is 2.36. The standard InChI is InChI=1S/C14H16FNO/c15-12-4-2-1-3-11(12)9-13-14(17)10-5-7-16(13)8-6-10/h1-4,9-10,14,17H,5-8H2/b13-9-/t14-/m1/s1. The third kappa shape index (κ3) is 1.84. The lowest BCUT2D eigenvalue weighted by molar-refractivity contribution is 0.0215. The maximum absolute atomic E-state index is 13.6. The molecule has 3 aliphatic heterocycles. The minimum Gasteiger partial charge on any atom is -0.387 e. The minimum absolute atomic E-state index is 0.227. The fraction of sp³-hybridized carbons (Fsp3) is 0.429. The van der Waals surface area contributed by atoms with E-state index in [1.807, 2.05) is 6.07 Å².